The summed E-state index contributed by atoms with van der Waals surface area (Å²) in [5.41, 5.74) is -0.112. The molecule has 0 spiro atoms. The molecule has 2 rings (SSSR count). The molecule has 19 heavy (non-hydrogen) atoms. The molecule has 0 aliphatic carbocycles. The molecule has 0 bridgehead atoms. The van der Waals surface area contributed by atoms with Gasteiger partial charge < -0.3 is 9.64 Å². The number of aromatic nitrogens is 2. The molecular formula is C11H15ClN4O3. The fraction of sp³-hybridized carbons (Fsp3) is 0.636. The Bertz CT molecular complexity index is 463. The second-order valence-electron chi connectivity index (χ2n) is 4.25. The van der Waals surface area contributed by atoms with Crippen LogP contribution >= 0.6 is 11.6 Å². The molecule has 0 unspecified atom stereocenters. The van der Waals surface area contributed by atoms with Crippen molar-refractivity contribution in [2.75, 3.05) is 24.6 Å². The standard InChI is InChI=1S/C11H15ClN4O3/c1-2-19-8-3-5-15(6-4-8)10-9(16(17)18)7-13-11(12)14-10/h7-8H,2-6H2,1H3. The second-order valence-corrected chi connectivity index (χ2v) is 4.58. The van der Waals surface area contributed by atoms with Crippen molar-refractivity contribution >= 4 is 23.1 Å². The van der Waals surface area contributed by atoms with E-state index in [1.54, 1.807) is 0 Å². The molecule has 8 heteroatoms. The quantitative estimate of drug-likeness (QED) is 0.479. The number of anilines is 1. The molecule has 1 aromatic rings. The maximum absolute atomic E-state index is 11.0. The zero-order chi connectivity index (χ0) is 13.8. The monoisotopic (exact) mass is 286 g/mol. The van der Waals surface area contributed by atoms with Gasteiger partial charge in [0.1, 0.15) is 6.20 Å². The van der Waals surface area contributed by atoms with Crippen molar-refractivity contribution in [2.24, 2.45) is 0 Å². The van der Waals surface area contributed by atoms with Gasteiger partial charge in [0.25, 0.3) is 0 Å². The molecule has 1 fully saturated rings. The Morgan fingerprint density at radius 1 is 1.58 bits per heavy atom. The van der Waals surface area contributed by atoms with Crippen molar-refractivity contribution in [2.45, 2.75) is 25.9 Å². The van der Waals surface area contributed by atoms with Gasteiger partial charge >= 0.3 is 5.69 Å². The Labute approximate surface area is 115 Å². The lowest BCUT2D eigenvalue weighted by molar-refractivity contribution is -0.384. The van der Waals surface area contributed by atoms with Crippen LogP contribution in [0.1, 0.15) is 19.8 Å². The van der Waals surface area contributed by atoms with Gasteiger partial charge in [0.05, 0.1) is 11.0 Å². The van der Waals surface area contributed by atoms with Crippen LogP contribution in [0.2, 0.25) is 5.28 Å². The molecule has 104 valence electrons. The molecule has 2 heterocycles. The van der Waals surface area contributed by atoms with E-state index < -0.39 is 4.92 Å². The molecule has 0 atom stereocenters. The summed E-state index contributed by atoms with van der Waals surface area (Å²) < 4.78 is 5.55. The third-order valence-electron chi connectivity index (χ3n) is 3.06. The molecule has 0 radical (unpaired) electrons. The first kappa shape index (κ1) is 14.0. The van der Waals surface area contributed by atoms with Crippen LogP contribution < -0.4 is 4.90 Å². The maximum atomic E-state index is 11.0. The van der Waals surface area contributed by atoms with Crippen molar-refractivity contribution in [1.29, 1.82) is 0 Å². The first-order valence-corrected chi connectivity index (χ1v) is 6.53. The number of hydrogen-bond acceptors (Lipinski definition) is 6. The Morgan fingerprint density at radius 2 is 2.26 bits per heavy atom. The van der Waals surface area contributed by atoms with Crippen LogP contribution in [0.4, 0.5) is 11.5 Å². The van der Waals surface area contributed by atoms with E-state index in [4.69, 9.17) is 16.3 Å². The first-order chi connectivity index (χ1) is 9.11. The number of rotatable bonds is 4. The molecule has 1 aliphatic heterocycles. The van der Waals surface area contributed by atoms with Crippen LogP contribution in [0, 0.1) is 10.1 Å². The molecule has 0 N–H and O–H groups in total. The number of nitrogens with zero attached hydrogens (tertiary/aromatic N) is 4. The van der Waals surface area contributed by atoms with Gasteiger partial charge in [0.15, 0.2) is 0 Å². The predicted molar refractivity (Wildman–Crippen MR) is 70.6 cm³/mol. The number of nitro groups is 1. The Balaban J connectivity index is 2.14. The number of hydrogen-bond donors (Lipinski definition) is 0. The fourth-order valence-electron chi connectivity index (χ4n) is 2.18. The predicted octanol–water partition coefficient (Wildman–Crippen LogP) is 2.04. The van der Waals surface area contributed by atoms with Crippen LogP contribution in [-0.4, -0.2) is 40.7 Å². The van der Waals surface area contributed by atoms with E-state index in [0.29, 0.717) is 25.5 Å². The van der Waals surface area contributed by atoms with Gasteiger partial charge in [-0.1, -0.05) is 0 Å². The Kier molecular flexibility index (Phi) is 4.49. The second kappa shape index (κ2) is 6.12. The summed E-state index contributed by atoms with van der Waals surface area (Å²) in [6, 6.07) is 0. The van der Waals surface area contributed by atoms with Gasteiger partial charge in [-0.2, -0.15) is 4.98 Å². The maximum Gasteiger partial charge on any atom is 0.329 e. The highest BCUT2D eigenvalue weighted by Crippen LogP contribution is 2.28. The lowest BCUT2D eigenvalue weighted by atomic mass is 10.1. The highest BCUT2D eigenvalue weighted by atomic mass is 35.5. The average molecular weight is 287 g/mol. The van der Waals surface area contributed by atoms with E-state index in [2.05, 4.69) is 9.97 Å². The lowest BCUT2D eigenvalue weighted by Crippen LogP contribution is -2.37. The average Bonchev–Trinajstić information content (AvgIpc) is 2.39. The number of halogens is 1. The van der Waals surface area contributed by atoms with Crippen molar-refractivity contribution in [1.82, 2.24) is 9.97 Å². The van der Waals surface area contributed by atoms with E-state index in [-0.39, 0.29) is 17.1 Å². The van der Waals surface area contributed by atoms with Crippen LogP contribution in [0.3, 0.4) is 0 Å². The zero-order valence-electron chi connectivity index (χ0n) is 10.6. The zero-order valence-corrected chi connectivity index (χ0v) is 11.3. The molecule has 1 aromatic heterocycles. The van der Waals surface area contributed by atoms with Gasteiger partial charge in [-0.05, 0) is 31.4 Å². The van der Waals surface area contributed by atoms with Crippen molar-refractivity contribution in [3.63, 3.8) is 0 Å². The van der Waals surface area contributed by atoms with Gasteiger partial charge in [0.2, 0.25) is 11.1 Å². The Morgan fingerprint density at radius 3 is 2.84 bits per heavy atom. The topological polar surface area (TPSA) is 81.4 Å². The molecule has 0 aromatic carbocycles. The fourth-order valence-corrected chi connectivity index (χ4v) is 2.31. The largest absolute Gasteiger partial charge is 0.378 e. The summed E-state index contributed by atoms with van der Waals surface area (Å²) in [6.07, 6.45) is 3.02. The van der Waals surface area contributed by atoms with E-state index in [0.717, 1.165) is 19.0 Å². The van der Waals surface area contributed by atoms with Gasteiger partial charge in [-0.15, -0.1) is 0 Å². The van der Waals surface area contributed by atoms with Gasteiger partial charge in [-0.3, -0.25) is 10.1 Å². The summed E-state index contributed by atoms with van der Waals surface area (Å²) >= 11 is 5.72. The van der Waals surface area contributed by atoms with Gasteiger partial charge in [-0.25, -0.2) is 4.98 Å². The first-order valence-electron chi connectivity index (χ1n) is 6.15. The normalized spacial score (nSPS) is 16.6. The molecule has 7 nitrogen and oxygen atoms in total. The minimum atomic E-state index is -0.486. The highest BCUT2D eigenvalue weighted by Gasteiger charge is 2.27. The summed E-state index contributed by atoms with van der Waals surface area (Å²) in [4.78, 5) is 20.0. The van der Waals surface area contributed by atoms with E-state index >= 15 is 0 Å². The third-order valence-corrected chi connectivity index (χ3v) is 3.24. The summed E-state index contributed by atoms with van der Waals surface area (Å²) in [5.74, 6) is 0.292. The molecule has 0 saturated carbocycles. The number of ether oxygens (including phenoxy) is 1. The number of piperidine rings is 1. The van der Waals surface area contributed by atoms with Crippen molar-refractivity contribution < 1.29 is 9.66 Å². The van der Waals surface area contributed by atoms with Crippen LogP contribution in [0.5, 0.6) is 0 Å². The molecular weight excluding hydrogens is 272 g/mol. The van der Waals surface area contributed by atoms with Crippen molar-refractivity contribution in [3.05, 3.63) is 21.6 Å². The van der Waals surface area contributed by atoms with Crippen molar-refractivity contribution in [3.8, 4) is 0 Å². The van der Waals surface area contributed by atoms with Gasteiger partial charge in [0, 0.05) is 19.7 Å². The molecule has 1 aliphatic rings. The Hall–Kier alpha value is -1.47. The third kappa shape index (κ3) is 3.30. The minimum absolute atomic E-state index is 0.0209. The summed E-state index contributed by atoms with van der Waals surface area (Å²) in [7, 11) is 0. The lowest BCUT2D eigenvalue weighted by Gasteiger charge is -2.32. The van der Waals surface area contributed by atoms with Crippen LogP contribution in [0.25, 0.3) is 0 Å². The van der Waals surface area contributed by atoms with Crippen LogP contribution in [0.15, 0.2) is 6.20 Å². The highest BCUT2D eigenvalue weighted by molar-refractivity contribution is 6.28. The van der Waals surface area contributed by atoms with E-state index in [9.17, 15) is 10.1 Å². The smallest absolute Gasteiger partial charge is 0.329 e. The van der Waals surface area contributed by atoms with Crippen LogP contribution in [-0.2, 0) is 4.74 Å². The molecule has 0 amide bonds. The summed E-state index contributed by atoms with van der Waals surface area (Å²) in [5, 5.41) is 11.0. The summed E-state index contributed by atoms with van der Waals surface area (Å²) in [6.45, 7) is 3.98. The minimum Gasteiger partial charge on any atom is -0.378 e. The van der Waals surface area contributed by atoms with E-state index in [1.807, 2.05) is 11.8 Å². The molecule has 1 saturated heterocycles. The van der Waals surface area contributed by atoms with E-state index in [1.165, 1.54) is 0 Å². The SMILES string of the molecule is CCOC1CCN(c2nc(Cl)ncc2[N+](=O)[O-])CC1.